The van der Waals surface area contributed by atoms with Crippen molar-refractivity contribution in [1.29, 1.82) is 0 Å². The summed E-state index contributed by atoms with van der Waals surface area (Å²) in [5.74, 6) is -0.446. The molecule has 1 unspecified atom stereocenters. The van der Waals surface area contributed by atoms with E-state index in [2.05, 4.69) is 46.0 Å². The zero-order valence-corrected chi connectivity index (χ0v) is 19.1. The minimum atomic E-state index is -0.374. The zero-order valence-electron chi connectivity index (χ0n) is 18.3. The number of thiazole rings is 1. The largest absolute Gasteiger partial charge is 0.368 e. The number of piperazine rings is 1. The van der Waals surface area contributed by atoms with E-state index in [0.29, 0.717) is 11.1 Å². The number of carbonyl (C=O) groups is 2. The average molecular weight is 447 g/mol. The number of anilines is 1. The molecule has 2 aliphatic rings. The molecule has 5 rings (SSSR count). The van der Waals surface area contributed by atoms with E-state index in [9.17, 15) is 9.59 Å². The second-order valence-electron chi connectivity index (χ2n) is 8.48. The van der Waals surface area contributed by atoms with Gasteiger partial charge in [-0.25, -0.2) is 4.98 Å². The van der Waals surface area contributed by atoms with Crippen molar-refractivity contribution in [1.82, 2.24) is 14.8 Å². The van der Waals surface area contributed by atoms with Gasteiger partial charge < -0.3 is 4.90 Å². The molecule has 0 saturated carbocycles. The third-order valence-electron chi connectivity index (χ3n) is 6.32. The van der Waals surface area contributed by atoms with Crippen LogP contribution in [0.25, 0.3) is 0 Å². The van der Waals surface area contributed by atoms with Gasteiger partial charge in [0.2, 0.25) is 0 Å². The molecule has 0 aliphatic carbocycles. The number of benzene rings is 2. The van der Waals surface area contributed by atoms with Crippen molar-refractivity contribution in [2.24, 2.45) is 0 Å². The summed E-state index contributed by atoms with van der Waals surface area (Å²) in [7, 11) is 0. The first-order valence-corrected chi connectivity index (χ1v) is 11.8. The van der Waals surface area contributed by atoms with Gasteiger partial charge in [0.15, 0.2) is 0 Å². The number of hydrogen-bond acceptors (Lipinski definition) is 6. The molecule has 3 heterocycles. The van der Waals surface area contributed by atoms with E-state index < -0.39 is 0 Å². The van der Waals surface area contributed by atoms with Crippen LogP contribution >= 0.6 is 11.3 Å². The first-order chi connectivity index (χ1) is 15.5. The van der Waals surface area contributed by atoms with E-state index in [1.807, 2.05) is 24.4 Å². The van der Waals surface area contributed by atoms with Crippen LogP contribution in [0.1, 0.15) is 49.8 Å². The fourth-order valence-corrected chi connectivity index (χ4v) is 5.35. The van der Waals surface area contributed by atoms with Gasteiger partial charge >= 0.3 is 0 Å². The Morgan fingerprint density at radius 1 is 1.03 bits per heavy atom. The Labute approximate surface area is 192 Å². The third kappa shape index (κ3) is 3.72. The van der Waals surface area contributed by atoms with E-state index in [4.69, 9.17) is 0 Å². The Morgan fingerprint density at radius 3 is 2.53 bits per heavy atom. The van der Waals surface area contributed by atoms with Crippen molar-refractivity contribution in [3.05, 3.63) is 81.3 Å². The van der Waals surface area contributed by atoms with Crippen LogP contribution in [-0.2, 0) is 6.54 Å². The van der Waals surface area contributed by atoms with E-state index in [1.54, 1.807) is 12.3 Å². The second kappa shape index (κ2) is 8.48. The highest BCUT2D eigenvalue weighted by molar-refractivity contribution is 7.09. The number of fused-ring (bicyclic) bond motifs is 1. The first kappa shape index (κ1) is 20.8. The van der Waals surface area contributed by atoms with Gasteiger partial charge in [-0.2, -0.15) is 0 Å². The predicted molar refractivity (Wildman–Crippen MR) is 126 cm³/mol. The standard InChI is InChI=1S/C25H26N4O2S/c1-17-5-3-6-19(15-17)16-27-10-12-28(13-11-27)21-8-4-7-20-22(21)25(31)29(24(20)30)18(2)23-26-9-14-32-23/h3-9,14-15,18H,10-13,16H2,1-2H3. The number of imide groups is 1. The highest BCUT2D eigenvalue weighted by Gasteiger charge is 2.42. The molecule has 6 nitrogen and oxygen atoms in total. The molecule has 0 N–H and O–H groups in total. The summed E-state index contributed by atoms with van der Waals surface area (Å²) >= 11 is 1.46. The molecule has 1 saturated heterocycles. The summed E-state index contributed by atoms with van der Waals surface area (Å²) in [6.07, 6.45) is 1.70. The number of nitrogens with zero attached hydrogens (tertiary/aromatic N) is 4. The number of aromatic nitrogens is 1. The Bertz CT molecular complexity index is 1150. The summed E-state index contributed by atoms with van der Waals surface area (Å²) in [4.78, 5) is 36.9. The maximum atomic E-state index is 13.4. The lowest BCUT2D eigenvalue weighted by atomic mass is 10.1. The first-order valence-electron chi connectivity index (χ1n) is 11.0. The Hall–Kier alpha value is -3.03. The average Bonchev–Trinajstić information content (AvgIpc) is 3.42. The number of aryl methyl sites for hydroxylation is 1. The van der Waals surface area contributed by atoms with Gasteiger partial charge in [-0.05, 0) is 31.5 Å². The molecule has 1 fully saturated rings. The van der Waals surface area contributed by atoms with Gasteiger partial charge in [0.1, 0.15) is 5.01 Å². The number of carbonyl (C=O) groups excluding carboxylic acids is 2. The summed E-state index contributed by atoms with van der Waals surface area (Å²) < 4.78 is 0. The molecule has 1 aromatic heterocycles. The van der Waals surface area contributed by atoms with Gasteiger partial charge in [0.05, 0.1) is 22.9 Å². The van der Waals surface area contributed by atoms with Crippen LogP contribution in [0.2, 0.25) is 0 Å². The molecule has 2 aromatic carbocycles. The molecule has 7 heteroatoms. The van der Waals surface area contributed by atoms with Crippen LogP contribution in [0.4, 0.5) is 5.69 Å². The van der Waals surface area contributed by atoms with Crippen LogP contribution in [0.15, 0.2) is 54.0 Å². The summed E-state index contributed by atoms with van der Waals surface area (Å²) in [5, 5.41) is 2.64. The number of amides is 2. The molecular weight excluding hydrogens is 420 g/mol. The fraction of sp³-hybridized carbons (Fsp3) is 0.320. The molecule has 32 heavy (non-hydrogen) atoms. The maximum absolute atomic E-state index is 13.4. The lowest BCUT2D eigenvalue weighted by Gasteiger charge is -2.36. The fourth-order valence-electron chi connectivity index (χ4n) is 4.67. The van der Waals surface area contributed by atoms with Crippen molar-refractivity contribution in [3.63, 3.8) is 0 Å². The van der Waals surface area contributed by atoms with E-state index in [-0.39, 0.29) is 17.9 Å². The number of hydrogen-bond donors (Lipinski definition) is 0. The molecule has 2 amide bonds. The topological polar surface area (TPSA) is 56.8 Å². The minimum absolute atomic E-state index is 0.217. The van der Waals surface area contributed by atoms with E-state index in [1.165, 1.54) is 27.4 Å². The third-order valence-corrected chi connectivity index (χ3v) is 7.27. The molecule has 0 spiro atoms. The maximum Gasteiger partial charge on any atom is 0.264 e. The lowest BCUT2D eigenvalue weighted by molar-refractivity contribution is 0.0595. The molecular formula is C25H26N4O2S. The van der Waals surface area contributed by atoms with Gasteiger partial charge in [-0.1, -0.05) is 35.9 Å². The van der Waals surface area contributed by atoms with E-state index >= 15 is 0 Å². The van der Waals surface area contributed by atoms with Crippen molar-refractivity contribution in [2.45, 2.75) is 26.4 Å². The van der Waals surface area contributed by atoms with Crippen molar-refractivity contribution in [2.75, 3.05) is 31.1 Å². The second-order valence-corrected chi connectivity index (χ2v) is 9.40. The highest BCUT2D eigenvalue weighted by Crippen LogP contribution is 2.37. The smallest absolute Gasteiger partial charge is 0.264 e. The Morgan fingerprint density at radius 2 is 1.81 bits per heavy atom. The summed E-state index contributed by atoms with van der Waals surface area (Å²) in [5.41, 5.74) is 4.50. The molecule has 164 valence electrons. The normalized spacial score (nSPS) is 17.7. The van der Waals surface area contributed by atoms with Gasteiger partial charge in [0.25, 0.3) is 11.8 Å². The van der Waals surface area contributed by atoms with Crippen LogP contribution in [0.3, 0.4) is 0 Å². The molecule has 2 aliphatic heterocycles. The van der Waals surface area contributed by atoms with Crippen molar-refractivity contribution < 1.29 is 9.59 Å². The summed E-state index contributed by atoms with van der Waals surface area (Å²) in [6.45, 7) is 8.40. The van der Waals surface area contributed by atoms with Crippen LogP contribution in [0.5, 0.6) is 0 Å². The Kier molecular flexibility index (Phi) is 5.53. The monoisotopic (exact) mass is 446 g/mol. The van der Waals surface area contributed by atoms with Gasteiger partial charge in [-0.15, -0.1) is 11.3 Å². The zero-order chi connectivity index (χ0) is 22.2. The van der Waals surface area contributed by atoms with Crippen molar-refractivity contribution in [3.8, 4) is 0 Å². The predicted octanol–water partition coefficient (Wildman–Crippen LogP) is 4.13. The molecule has 3 aromatic rings. The van der Waals surface area contributed by atoms with Crippen LogP contribution in [0, 0.1) is 6.92 Å². The Balaban J connectivity index is 1.33. The minimum Gasteiger partial charge on any atom is -0.368 e. The van der Waals surface area contributed by atoms with Crippen LogP contribution in [-0.4, -0.2) is 52.8 Å². The number of rotatable bonds is 5. The quantitative estimate of drug-likeness (QED) is 0.552. The van der Waals surface area contributed by atoms with Crippen LogP contribution < -0.4 is 4.90 Å². The van der Waals surface area contributed by atoms with Crippen molar-refractivity contribution >= 4 is 28.8 Å². The molecule has 0 radical (unpaired) electrons. The SMILES string of the molecule is Cc1cccc(CN2CCN(c3cccc4c3C(=O)N(C(C)c3nccs3)C4=O)CC2)c1. The lowest BCUT2D eigenvalue weighted by Crippen LogP contribution is -2.46. The van der Waals surface area contributed by atoms with E-state index in [0.717, 1.165) is 43.4 Å². The molecule has 0 bridgehead atoms. The van der Waals surface area contributed by atoms with Gasteiger partial charge in [-0.3, -0.25) is 19.4 Å². The summed E-state index contributed by atoms with van der Waals surface area (Å²) in [6, 6.07) is 13.9. The van der Waals surface area contributed by atoms with Gasteiger partial charge in [0, 0.05) is 44.3 Å². The molecule has 1 atom stereocenters. The highest BCUT2D eigenvalue weighted by atomic mass is 32.1.